The first-order valence-electron chi connectivity index (χ1n) is 8.72. The molecular formula is C19H14ClF3N6O. The van der Waals surface area contributed by atoms with Gasteiger partial charge in [-0.3, -0.25) is 9.78 Å². The number of anilines is 2. The minimum absolute atomic E-state index is 0.107. The standard InChI is InChI=1S/C19H14ClF3N6O/c1-10-14(16(30)26-13-4-2-12(20)3-5-13)15(11-6-8-24-9-7-11)29-18(25-10)27-17(28-29)19(21,22)23/h2-9,15H,1H3,(H,26,30)(H,25,27,28)/t15-/m1/s1. The first-order valence-corrected chi connectivity index (χ1v) is 9.10. The van der Waals surface area contributed by atoms with Crippen molar-refractivity contribution in [3.05, 3.63) is 76.5 Å². The van der Waals surface area contributed by atoms with Gasteiger partial charge in [-0.05, 0) is 48.9 Å². The minimum Gasteiger partial charge on any atom is -0.328 e. The SMILES string of the molecule is CC1=C(C(=O)Nc2ccc(Cl)cc2)[C@@H](c2ccncc2)n2nc(C(F)(F)F)nc2N1. The van der Waals surface area contributed by atoms with Crippen molar-refractivity contribution in [1.82, 2.24) is 19.7 Å². The molecule has 3 aromatic rings. The molecule has 0 saturated heterocycles. The van der Waals surface area contributed by atoms with Gasteiger partial charge < -0.3 is 10.6 Å². The highest BCUT2D eigenvalue weighted by atomic mass is 35.5. The summed E-state index contributed by atoms with van der Waals surface area (Å²) in [5, 5.41) is 9.63. The maximum atomic E-state index is 13.2. The van der Waals surface area contributed by atoms with E-state index < -0.39 is 23.9 Å². The maximum absolute atomic E-state index is 13.2. The van der Waals surface area contributed by atoms with Crippen LogP contribution in [0.5, 0.6) is 0 Å². The lowest BCUT2D eigenvalue weighted by molar-refractivity contribution is -0.145. The van der Waals surface area contributed by atoms with Crippen molar-refractivity contribution in [3.8, 4) is 0 Å². The molecule has 30 heavy (non-hydrogen) atoms. The Hall–Kier alpha value is -3.40. The van der Waals surface area contributed by atoms with Crippen LogP contribution in [-0.2, 0) is 11.0 Å². The van der Waals surface area contributed by atoms with Crippen molar-refractivity contribution in [2.24, 2.45) is 0 Å². The van der Waals surface area contributed by atoms with E-state index in [0.717, 1.165) is 4.68 Å². The quantitative estimate of drug-likeness (QED) is 0.643. The van der Waals surface area contributed by atoms with E-state index in [4.69, 9.17) is 11.6 Å². The Balaban J connectivity index is 1.78. The zero-order chi connectivity index (χ0) is 21.5. The number of halogens is 4. The summed E-state index contributed by atoms with van der Waals surface area (Å²) in [5.41, 5.74) is 1.57. The van der Waals surface area contributed by atoms with Gasteiger partial charge in [0.2, 0.25) is 5.95 Å². The average molecular weight is 435 g/mol. The molecule has 154 valence electrons. The van der Waals surface area contributed by atoms with Gasteiger partial charge in [-0.25, -0.2) is 4.68 Å². The fourth-order valence-corrected chi connectivity index (χ4v) is 3.28. The number of carbonyl (C=O) groups excluding carboxylic acids is 1. The minimum atomic E-state index is -4.73. The number of rotatable bonds is 3. The number of alkyl halides is 3. The summed E-state index contributed by atoms with van der Waals surface area (Å²) in [6.45, 7) is 1.59. The number of amides is 1. The number of allylic oxidation sites excluding steroid dienone is 1. The van der Waals surface area contributed by atoms with Crippen LogP contribution in [0.2, 0.25) is 5.02 Å². The smallest absolute Gasteiger partial charge is 0.328 e. The van der Waals surface area contributed by atoms with Crippen molar-refractivity contribution in [3.63, 3.8) is 0 Å². The van der Waals surface area contributed by atoms with Gasteiger partial charge in [0.05, 0.1) is 5.57 Å². The molecule has 1 atom stereocenters. The summed E-state index contributed by atoms with van der Waals surface area (Å²) in [5.74, 6) is -1.90. The average Bonchev–Trinajstić information content (AvgIpc) is 3.13. The van der Waals surface area contributed by atoms with Crippen LogP contribution in [0.15, 0.2) is 60.1 Å². The van der Waals surface area contributed by atoms with E-state index in [9.17, 15) is 18.0 Å². The van der Waals surface area contributed by atoms with E-state index in [1.807, 2.05) is 0 Å². The number of nitrogens with zero attached hydrogens (tertiary/aromatic N) is 4. The van der Waals surface area contributed by atoms with Gasteiger partial charge in [-0.15, -0.1) is 5.10 Å². The largest absolute Gasteiger partial charge is 0.453 e. The second kappa shape index (κ2) is 7.45. The van der Waals surface area contributed by atoms with Gasteiger partial charge in [0.1, 0.15) is 6.04 Å². The molecule has 0 spiro atoms. The fourth-order valence-electron chi connectivity index (χ4n) is 3.15. The van der Waals surface area contributed by atoms with E-state index in [2.05, 4.69) is 25.7 Å². The van der Waals surface area contributed by atoms with Crippen LogP contribution in [0.4, 0.5) is 24.8 Å². The molecule has 7 nitrogen and oxygen atoms in total. The zero-order valence-corrected chi connectivity index (χ0v) is 16.2. The van der Waals surface area contributed by atoms with Crippen molar-refractivity contribution >= 4 is 29.1 Å². The molecule has 0 saturated carbocycles. The molecule has 1 aliphatic rings. The lowest BCUT2D eigenvalue weighted by Crippen LogP contribution is -2.31. The molecule has 2 aromatic heterocycles. The van der Waals surface area contributed by atoms with E-state index in [-0.39, 0.29) is 11.5 Å². The Bertz CT molecular complexity index is 1130. The van der Waals surface area contributed by atoms with Gasteiger partial charge in [0.25, 0.3) is 11.7 Å². The molecule has 0 bridgehead atoms. The van der Waals surface area contributed by atoms with Gasteiger partial charge in [0, 0.05) is 28.8 Å². The molecule has 0 unspecified atom stereocenters. The highest BCUT2D eigenvalue weighted by Crippen LogP contribution is 2.37. The van der Waals surface area contributed by atoms with Crippen LogP contribution in [0.1, 0.15) is 24.4 Å². The Labute approximate surface area is 173 Å². The Morgan fingerprint density at radius 2 is 1.83 bits per heavy atom. The van der Waals surface area contributed by atoms with Gasteiger partial charge in [0.15, 0.2) is 0 Å². The third-order valence-electron chi connectivity index (χ3n) is 4.47. The van der Waals surface area contributed by atoms with Crippen molar-refractivity contribution in [1.29, 1.82) is 0 Å². The normalized spacial score (nSPS) is 16.1. The molecular weight excluding hydrogens is 421 g/mol. The number of carbonyl (C=O) groups is 1. The molecule has 0 radical (unpaired) electrons. The lowest BCUT2D eigenvalue weighted by atomic mass is 9.96. The van der Waals surface area contributed by atoms with Crippen molar-refractivity contribution < 1.29 is 18.0 Å². The fraction of sp³-hybridized carbons (Fsp3) is 0.158. The van der Waals surface area contributed by atoms with Crippen molar-refractivity contribution in [2.45, 2.75) is 19.1 Å². The number of hydrogen-bond donors (Lipinski definition) is 2. The highest BCUT2D eigenvalue weighted by molar-refractivity contribution is 6.30. The first-order chi connectivity index (χ1) is 14.2. The predicted molar refractivity (Wildman–Crippen MR) is 104 cm³/mol. The second-order valence-electron chi connectivity index (χ2n) is 6.51. The van der Waals surface area contributed by atoms with Crippen LogP contribution < -0.4 is 10.6 Å². The van der Waals surface area contributed by atoms with E-state index >= 15 is 0 Å². The molecule has 1 aromatic carbocycles. The Morgan fingerprint density at radius 1 is 1.17 bits per heavy atom. The van der Waals surface area contributed by atoms with Crippen LogP contribution in [0, 0.1) is 0 Å². The number of nitrogens with one attached hydrogen (secondary N) is 2. The molecule has 2 N–H and O–H groups in total. The zero-order valence-electron chi connectivity index (χ0n) is 15.4. The second-order valence-corrected chi connectivity index (χ2v) is 6.95. The van der Waals surface area contributed by atoms with Crippen LogP contribution in [-0.4, -0.2) is 25.7 Å². The number of fused-ring (bicyclic) bond motifs is 1. The summed E-state index contributed by atoms with van der Waals surface area (Å²) < 4.78 is 40.6. The topological polar surface area (TPSA) is 84.7 Å². The molecule has 4 rings (SSSR count). The highest BCUT2D eigenvalue weighted by Gasteiger charge is 2.41. The van der Waals surface area contributed by atoms with Crippen LogP contribution >= 0.6 is 11.6 Å². The first kappa shape index (κ1) is 19.9. The molecule has 3 heterocycles. The van der Waals surface area contributed by atoms with Gasteiger partial charge in [-0.1, -0.05) is 11.6 Å². The lowest BCUT2D eigenvalue weighted by Gasteiger charge is -2.28. The third-order valence-corrected chi connectivity index (χ3v) is 4.73. The number of pyridine rings is 1. The number of benzene rings is 1. The summed E-state index contributed by atoms with van der Waals surface area (Å²) in [6.07, 6.45) is -1.75. The van der Waals surface area contributed by atoms with Crippen LogP contribution in [0.25, 0.3) is 0 Å². The third kappa shape index (κ3) is 3.73. The van der Waals surface area contributed by atoms with E-state index in [0.29, 0.717) is 22.0 Å². The molecule has 11 heteroatoms. The molecule has 1 aliphatic heterocycles. The summed E-state index contributed by atoms with van der Waals surface area (Å²) in [6, 6.07) is 8.76. The maximum Gasteiger partial charge on any atom is 0.453 e. The van der Waals surface area contributed by atoms with Crippen molar-refractivity contribution in [2.75, 3.05) is 10.6 Å². The summed E-state index contributed by atoms with van der Waals surface area (Å²) >= 11 is 5.87. The van der Waals surface area contributed by atoms with Crippen LogP contribution in [0.3, 0.4) is 0 Å². The molecule has 0 fully saturated rings. The van der Waals surface area contributed by atoms with E-state index in [1.54, 1.807) is 43.3 Å². The Morgan fingerprint density at radius 3 is 2.47 bits per heavy atom. The summed E-state index contributed by atoms with van der Waals surface area (Å²) in [7, 11) is 0. The summed E-state index contributed by atoms with van der Waals surface area (Å²) in [4.78, 5) is 20.6. The number of aromatic nitrogens is 4. The Kier molecular flexibility index (Phi) is 4.94. The molecule has 0 aliphatic carbocycles. The van der Waals surface area contributed by atoms with Gasteiger partial charge >= 0.3 is 6.18 Å². The van der Waals surface area contributed by atoms with E-state index in [1.165, 1.54) is 12.4 Å². The van der Waals surface area contributed by atoms with Gasteiger partial charge in [-0.2, -0.15) is 18.2 Å². The monoisotopic (exact) mass is 434 g/mol. The predicted octanol–water partition coefficient (Wildman–Crippen LogP) is 4.27. The number of hydrogen-bond acceptors (Lipinski definition) is 5. The molecule has 1 amide bonds.